The normalized spacial score (nSPS) is 10.9. The Morgan fingerprint density at radius 2 is 1.87 bits per heavy atom. The van der Waals surface area contributed by atoms with E-state index in [-0.39, 0.29) is 11.7 Å². The third-order valence-corrected chi connectivity index (χ3v) is 3.43. The lowest BCUT2D eigenvalue weighted by molar-refractivity contribution is -0.402. The summed E-state index contributed by atoms with van der Waals surface area (Å²) in [6, 6.07) is 14.5. The molecule has 118 valence electrons. The predicted octanol–water partition coefficient (Wildman–Crippen LogP) is 4.20. The maximum Gasteiger partial charge on any atom is 0.250 e. The minimum atomic E-state index is -0.561. The Hall–Kier alpha value is -2.95. The van der Waals surface area contributed by atoms with Crippen molar-refractivity contribution < 1.29 is 9.72 Å². The quantitative estimate of drug-likeness (QED) is 0.493. The number of carbonyl (C=O) groups excluding carboxylic acids is 1. The van der Waals surface area contributed by atoms with Crippen molar-refractivity contribution in [3.05, 3.63) is 87.7 Å². The van der Waals surface area contributed by atoms with Crippen molar-refractivity contribution in [2.24, 2.45) is 0 Å². The van der Waals surface area contributed by atoms with Crippen LogP contribution in [-0.4, -0.2) is 10.7 Å². The summed E-state index contributed by atoms with van der Waals surface area (Å²) in [5, 5.41) is 13.2. The van der Waals surface area contributed by atoms with Gasteiger partial charge in [-0.15, -0.1) is 0 Å². The van der Waals surface area contributed by atoms with E-state index >= 15 is 0 Å². The molecule has 23 heavy (non-hydrogen) atoms. The molecule has 5 nitrogen and oxygen atoms in total. The molecule has 0 heterocycles. The molecular formula is C18H18N2O3. The highest BCUT2D eigenvalue weighted by molar-refractivity contribution is 6.12. The van der Waals surface area contributed by atoms with Crippen LogP contribution in [0, 0.1) is 10.1 Å². The second kappa shape index (κ2) is 7.35. The van der Waals surface area contributed by atoms with Gasteiger partial charge in [0, 0.05) is 16.8 Å². The number of hydrogen-bond acceptors (Lipinski definition) is 4. The first kappa shape index (κ1) is 16.4. The lowest BCUT2D eigenvalue weighted by Gasteiger charge is -2.13. The second-order valence-corrected chi connectivity index (χ2v) is 5.40. The van der Waals surface area contributed by atoms with Gasteiger partial charge in [0.15, 0.2) is 5.78 Å². The number of rotatable bonds is 6. The Balaban J connectivity index is 2.42. The Bertz CT molecular complexity index is 737. The van der Waals surface area contributed by atoms with Gasteiger partial charge in [0.1, 0.15) is 0 Å². The van der Waals surface area contributed by atoms with Crippen molar-refractivity contribution in [2.45, 2.75) is 19.8 Å². The van der Waals surface area contributed by atoms with Crippen LogP contribution in [0.15, 0.2) is 60.9 Å². The Morgan fingerprint density at radius 1 is 1.17 bits per heavy atom. The van der Waals surface area contributed by atoms with Gasteiger partial charge in [-0.25, -0.2) is 0 Å². The van der Waals surface area contributed by atoms with E-state index in [0.29, 0.717) is 16.8 Å². The molecule has 0 bridgehead atoms. The SMILES string of the molecule is CC(C)c1ccc(N/C=C/[N+](=O)[O-])c(C(=O)c2ccccc2)c1. The molecule has 0 spiro atoms. The van der Waals surface area contributed by atoms with Crippen LogP contribution < -0.4 is 5.32 Å². The van der Waals surface area contributed by atoms with E-state index in [0.717, 1.165) is 11.8 Å². The van der Waals surface area contributed by atoms with Crippen molar-refractivity contribution in [2.75, 3.05) is 5.32 Å². The van der Waals surface area contributed by atoms with E-state index < -0.39 is 4.92 Å². The standard InChI is InChI=1S/C18H18N2O3/c1-13(2)15-8-9-17(19-10-11-20(22)23)16(12-15)18(21)14-6-4-3-5-7-14/h3-13,19H,1-2H3/b11-10+. The minimum absolute atomic E-state index is 0.120. The van der Waals surface area contributed by atoms with Crippen LogP contribution in [-0.2, 0) is 0 Å². The van der Waals surface area contributed by atoms with Gasteiger partial charge >= 0.3 is 0 Å². The Morgan fingerprint density at radius 3 is 2.48 bits per heavy atom. The molecule has 0 aliphatic rings. The largest absolute Gasteiger partial charge is 0.356 e. The molecule has 2 aromatic carbocycles. The first-order chi connectivity index (χ1) is 11.0. The third kappa shape index (κ3) is 4.26. The molecule has 0 amide bonds. The molecular weight excluding hydrogens is 292 g/mol. The van der Waals surface area contributed by atoms with Gasteiger partial charge in [0.2, 0.25) is 6.20 Å². The van der Waals surface area contributed by atoms with Crippen molar-refractivity contribution in [3.63, 3.8) is 0 Å². The highest BCUT2D eigenvalue weighted by Crippen LogP contribution is 2.25. The average molecular weight is 310 g/mol. The summed E-state index contributed by atoms with van der Waals surface area (Å²) < 4.78 is 0. The van der Waals surface area contributed by atoms with Gasteiger partial charge < -0.3 is 5.32 Å². The topological polar surface area (TPSA) is 72.2 Å². The fourth-order valence-corrected chi connectivity index (χ4v) is 2.17. The van der Waals surface area contributed by atoms with Crippen LogP contribution in [0.1, 0.15) is 41.3 Å². The molecule has 2 rings (SSSR count). The van der Waals surface area contributed by atoms with Gasteiger partial charge in [-0.3, -0.25) is 14.9 Å². The van der Waals surface area contributed by atoms with E-state index in [1.807, 2.05) is 32.0 Å². The number of benzene rings is 2. The molecule has 0 fully saturated rings. The smallest absolute Gasteiger partial charge is 0.250 e. The van der Waals surface area contributed by atoms with E-state index in [4.69, 9.17) is 0 Å². The lowest BCUT2D eigenvalue weighted by Crippen LogP contribution is -2.07. The number of hydrogen-bond donors (Lipinski definition) is 1. The van der Waals surface area contributed by atoms with Crippen LogP contribution in [0.25, 0.3) is 0 Å². The molecule has 0 aromatic heterocycles. The summed E-state index contributed by atoms with van der Waals surface area (Å²) in [7, 11) is 0. The van der Waals surface area contributed by atoms with Crippen molar-refractivity contribution in [3.8, 4) is 0 Å². The van der Waals surface area contributed by atoms with Gasteiger partial charge in [-0.05, 0) is 23.6 Å². The Kier molecular flexibility index (Phi) is 5.25. The monoisotopic (exact) mass is 310 g/mol. The van der Waals surface area contributed by atoms with Gasteiger partial charge in [0.05, 0.1) is 11.1 Å². The van der Waals surface area contributed by atoms with Crippen LogP contribution in [0.3, 0.4) is 0 Å². The van der Waals surface area contributed by atoms with Crippen LogP contribution in [0.2, 0.25) is 0 Å². The summed E-state index contributed by atoms with van der Waals surface area (Å²) in [5.41, 5.74) is 2.65. The van der Waals surface area contributed by atoms with Crippen LogP contribution >= 0.6 is 0 Å². The highest BCUT2D eigenvalue weighted by Gasteiger charge is 2.15. The number of nitrogens with one attached hydrogen (secondary N) is 1. The summed E-state index contributed by atoms with van der Waals surface area (Å²) >= 11 is 0. The maximum atomic E-state index is 12.7. The average Bonchev–Trinajstić information content (AvgIpc) is 2.54. The molecule has 0 unspecified atom stereocenters. The lowest BCUT2D eigenvalue weighted by atomic mass is 9.95. The predicted molar refractivity (Wildman–Crippen MR) is 90.2 cm³/mol. The maximum absolute atomic E-state index is 12.7. The summed E-state index contributed by atoms with van der Waals surface area (Å²) in [6.45, 7) is 4.09. The van der Waals surface area contributed by atoms with Crippen molar-refractivity contribution >= 4 is 11.5 Å². The van der Waals surface area contributed by atoms with Gasteiger partial charge in [-0.1, -0.05) is 50.2 Å². The molecule has 0 aliphatic carbocycles. The Labute approximate surface area is 134 Å². The zero-order chi connectivity index (χ0) is 16.8. The zero-order valence-electron chi connectivity index (χ0n) is 13.0. The van der Waals surface area contributed by atoms with Gasteiger partial charge in [0.25, 0.3) is 0 Å². The molecule has 2 aromatic rings. The first-order valence-electron chi connectivity index (χ1n) is 7.29. The molecule has 0 atom stereocenters. The molecule has 0 radical (unpaired) electrons. The number of ketones is 1. The summed E-state index contributed by atoms with van der Waals surface area (Å²) in [4.78, 5) is 22.6. The highest BCUT2D eigenvalue weighted by atomic mass is 16.6. The second-order valence-electron chi connectivity index (χ2n) is 5.40. The van der Waals surface area contributed by atoms with Crippen molar-refractivity contribution in [1.29, 1.82) is 0 Å². The van der Waals surface area contributed by atoms with E-state index in [2.05, 4.69) is 5.32 Å². The number of nitro groups is 1. The fraction of sp³-hybridized carbons (Fsp3) is 0.167. The van der Waals surface area contributed by atoms with Crippen LogP contribution in [0.4, 0.5) is 5.69 Å². The van der Waals surface area contributed by atoms with Crippen molar-refractivity contribution in [1.82, 2.24) is 0 Å². The molecule has 0 saturated carbocycles. The third-order valence-electron chi connectivity index (χ3n) is 3.43. The van der Waals surface area contributed by atoms with Crippen LogP contribution in [0.5, 0.6) is 0 Å². The van der Waals surface area contributed by atoms with E-state index in [9.17, 15) is 14.9 Å². The fourth-order valence-electron chi connectivity index (χ4n) is 2.17. The number of anilines is 1. The molecule has 5 heteroatoms. The van der Waals surface area contributed by atoms with E-state index in [1.54, 1.807) is 30.3 Å². The summed E-state index contributed by atoms with van der Waals surface area (Å²) in [6.07, 6.45) is 2.01. The minimum Gasteiger partial charge on any atom is -0.356 e. The summed E-state index contributed by atoms with van der Waals surface area (Å²) in [5.74, 6) is 0.158. The van der Waals surface area contributed by atoms with E-state index in [1.165, 1.54) is 6.20 Å². The molecule has 0 saturated heterocycles. The zero-order valence-corrected chi connectivity index (χ0v) is 13.0. The number of carbonyl (C=O) groups is 1. The molecule has 1 N–H and O–H groups in total. The first-order valence-corrected chi connectivity index (χ1v) is 7.29. The number of nitrogens with zero attached hydrogens (tertiary/aromatic N) is 1. The van der Waals surface area contributed by atoms with Gasteiger partial charge in [-0.2, -0.15) is 0 Å². The molecule has 0 aliphatic heterocycles.